The third-order valence-electron chi connectivity index (χ3n) is 8.05. The smallest absolute Gasteiger partial charge is 0.254 e. The maximum absolute atomic E-state index is 13.6. The average Bonchev–Trinajstić information content (AvgIpc) is 3.49. The molecule has 0 radical (unpaired) electrons. The summed E-state index contributed by atoms with van der Waals surface area (Å²) in [6, 6.07) is 14.7. The van der Waals surface area contributed by atoms with Gasteiger partial charge in [0.25, 0.3) is 5.91 Å². The molecule has 1 amide bonds. The minimum Gasteiger partial charge on any atom is -0.486 e. The van der Waals surface area contributed by atoms with Crippen molar-refractivity contribution >= 4 is 11.7 Å². The van der Waals surface area contributed by atoms with E-state index in [-0.39, 0.29) is 23.7 Å². The highest BCUT2D eigenvalue weighted by molar-refractivity contribution is 6.15. The molecule has 0 atom stereocenters. The van der Waals surface area contributed by atoms with Crippen LogP contribution >= 0.6 is 0 Å². The summed E-state index contributed by atoms with van der Waals surface area (Å²) in [6.07, 6.45) is 5.35. The molecule has 4 heterocycles. The van der Waals surface area contributed by atoms with Gasteiger partial charge in [-0.15, -0.1) is 5.10 Å². The number of hydrogen-bond donors (Lipinski definition) is 0. The Hall–Kier alpha value is -4.23. The van der Waals surface area contributed by atoms with Gasteiger partial charge in [0.05, 0.1) is 29.6 Å². The Morgan fingerprint density at radius 3 is 2.40 bits per heavy atom. The van der Waals surface area contributed by atoms with Gasteiger partial charge < -0.3 is 14.4 Å². The van der Waals surface area contributed by atoms with Gasteiger partial charge in [-0.2, -0.15) is 5.26 Å². The zero-order valence-corrected chi connectivity index (χ0v) is 22.4. The Morgan fingerprint density at radius 2 is 1.65 bits per heavy atom. The molecular weight excluding hydrogens is 508 g/mol. The lowest BCUT2D eigenvalue weighted by atomic mass is 9.96. The van der Waals surface area contributed by atoms with Gasteiger partial charge in [0.15, 0.2) is 17.3 Å². The van der Waals surface area contributed by atoms with Crippen LogP contribution in [0.15, 0.2) is 48.7 Å². The zero-order chi connectivity index (χ0) is 27.5. The standard InChI is InChI=1S/C30H32N6O4/c31-18-21-7-11-34(12-8-21)19-23-20-36(33-32-23)24-9-13-35(14-10-24)30(38)26-4-2-1-3-25(26)29(37)22-5-6-27-28(17-22)40-16-15-39-27/h1-6,17,20-21,24H,7-16,19H2. The van der Waals surface area contributed by atoms with Crippen molar-refractivity contribution in [1.82, 2.24) is 24.8 Å². The summed E-state index contributed by atoms with van der Waals surface area (Å²) in [5.74, 6) is 0.971. The molecule has 206 valence electrons. The summed E-state index contributed by atoms with van der Waals surface area (Å²) in [5, 5.41) is 17.9. The van der Waals surface area contributed by atoms with E-state index in [2.05, 4.69) is 21.3 Å². The number of hydrogen-bond acceptors (Lipinski definition) is 8. The quantitative estimate of drug-likeness (QED) is 0.437. The number of nitriles is 1. The second kappa shape index (κ2) is 11.5. The summed E-state index contributed by atoms with van der Waals surface area (Å²) in [5.41, 5.74) is 2.18. The number of aromatic nitrogens is 3. The Labute approximate surface area is 233 Å². The molecule has 10 heteroatoms. The predicted octanol–water partition coefficient (Wildman–Crippen LogP) is 3.49. The largest absolute Gasteiger partial charge is 0.486 e. The van der Waals surface area contributed by atoms with Crippen LogP contribution < -0.4 is 9.47 Å². The molecule has 0 spiro atoms. The summed E-state index contributed by atoms with van der Waals surface area (Å²) >= 11 is 0. The SMILES string of the molecule is N#CC1CCN(Cc2cn(C3CCN(C(=O)c4ccccc4C(=O)c4ccc5c(c4)OCCO5)CC3)nn2)CC1. The van der Waals surface area contributed by atoms with E-state index in [0.717, 1.165) is 51.0 Å². The van der Waals surface area contributed by atoms with Gasteiger partial charge in [-0.05, 0) is 63.0 Å². The summed E-state index contributed by atoms with van der Waals surface area (Å²) in [6.45, 7) is 4.63. The van der Waals surface area contributed by atoms with Gasteiger partial charge in [-0.25, -0.2) is 4.68 Å². The first kappa shape index (κ1) is 26.0. The van der Waals surface area contributed by atoms with E-state index >= 15 is 0 Å². The average molecular weight is 541 g/mol. The Morgan fingerprint density at radius 1 is 0.925 bits per heavy atom. The van der Waals surface area contributed by atoms with Gasteiger partial charge in [-0.1, -0.05) is 23.4 Å². The van der Waals surface area contributed by atoms with Gasteiger partial charge in [0.1, 0.15) is 13.2 Å². The van der Waals surface area contributed by atoms with E-state index in [0.29, 0.717) is 54.5 Å². The number of benzene rings is 2. The highest BCUT2D eigenvalue weighted by atomic mass is 16.6. The summed E-state index contributed by atoms with van der Waals surface area (Å²) < 4.78 is 13.1. The van der Waals surface area contributed by atoms with Gasteiger partial charge in [0.2, 0.25) is 0 Å². The lowest BCUT2D eigenvalue weighted by molar-refractivity contribution is 0.0685. The molecule has 40 heavy (non-hydrogen) atoms. The molecule has 0 bridgehead atoms. The first-order chi connectivity index (χ1) is 19.6. The van der Waals surface area contributed by atoms with Gasteiger partial charge >= 0.3 is 0 Å². The van der Waals surface area contributed by atoms with Crippen molar-refractivity contribution in [2.75, 3.05) is 39.4 Å². The number of likely N-dealkylation sites (tertiary alicyclic amines) is 2. The molecule has 10 nitrogen and oxygen atoms in total. The monoisotopic (exact) mass is 540 g/mol. The van der Waals surface area contributed by atoms with Crippen LogP contribution in [0, 0.1) is 17.2 Å². The van der Waals surface area contributed by atoms with Crippen molar-refractivity contribution in [2.24, 2.45) is 5.92 Å². The van der Waals surface area contributed by atoms with E-state index in [9.17, 15) is 9.59 Å². The fourth-order valence-electron chi connectivity index (χ4n) is 5.73. The number of rotatable bonds is 6. The molecule has 3 aromatic rings. The molecule has 6 rings (SSSR count). The van der Waals surface area contributed by atoms with Crippen molar-refractivity contribution < 1.29 is 19.1 Å². The lowest BCUT2D eigenvalue weighted by Crippen LogP contribution is -2.39. The fourth-order valence-corrected chi connectivity index (χ4v) is 5.73. The third kappa shape index (κ3) is 5.42. The van der Waals surface area contributed by atoms with Crippen molar-refractivity contribution in [3.05, 3.63) is 71.0 Å². The summed E-state index contributed by atoms with van der Waals surface area (Å²) in [7, 11) is 0. The molecule has 0 aliphatic carbocycles. The van der Waals surface area contributed by atoms with Crippen molar-refractivity contribution in [3.63, 3.8) is 0 Å². The van der Waals surface area contributed by atoms with Crippen LogP contribution in [0.25, 0.3) is 0 Å². The Balaban J connectivity index is 1.08. The third-order valence-corrected chi connectivity index (χ3v) is 8.05. The molecule has 0 unspecified atom stereocenters. The first-order valence-corrected chi connectivity index (χ1v) is 13.9. The highest BCUT2D eigenvalue weighted by Crippen LogP contribution is 2.32. The van der Waals surface area contributed by atoms with Gasteiger partial charge in [-0.3, -0.25) is 14.5 Å². The van der Waals surface area contributed by atoms with Crippen LogP contribution in [0.5, 0.6) is 11.5 Å². The molecule has 0 N–H and O–H groups in total. The van der Waals surface area contributed by atoms with Crippen LogP contribution in [0.3, 0.4) is 0 Å². The second-order valence-electron chi connectivity index (χ2n) is 10.6. The number of amides is 1. The maximum atomic E-state index is 13.6. The number of ketones is 1. The number of ether oxygens (including phenoxy) is 2. The zero-order valence-electron chi connectivity index (χ0n) is 22.4. The van der Waals surface area contributed by atoms with Crippen LogP contribution in [0.1, 0.15) is 63.7 Å². The molecular formula is C30H32N6O4. The molecule has 1 aromatic heterocycles. The number of piperidine rings is 2. The minimum absolute atomic E-state index is 0.139. The summed E-state index contributed by atoms with van der Waals surface area (Å²) in [4.78, 5) is 31.2. The molecule has 0 saturated carbocycles. The predicted molar refractivity (Wildman–Crippen MR) is 145 cm³/mol. The molecule has 3 aliphatic heterocycles. The van der Waals surface area contributed by atoms with E-state index in [4.69, 9.17) is 14.7 Å². The highest BCUT2D eigenvalue weighted by Gasteiger charge is 2.29. The van der Waals surface area contributed by atoms with E-state index < -0.39 is 0 Å². The topological polar surface area (TPSA) is 114 Å². The van der Waals surface area contributed by atoms with Crippen LogP contribution in [0.2, 0.25) is 0 Å². The van der Waals surface area contributed by atoms with E-state index in [1.165, 1.54) is 0 Å². The minimum atomic E-state index is -0.220. The van der Waals surface area contributed by atoms with Crippen LogP contribution in [0.4, 0.5) is 0 Å². The van der Waals surface area contributed by atoms with Crippen molar-refractivity contribution in [2.45, 2.75) is 38.3 Å². The number of fused-ring (bicyclic) bond motifs is 1. The van der Waals surface area contributed by atoms with E-state index in [1.807, 2.05) is 15.8 Å². The second-order valence-corrected chi connectivity index (χ2v) is 10.6. The van der Waals surface area contributed by atoms with Crippen molar-refractivity contribution in [3.8, 4) is 17.6 Å². The van der Waals surface area contributed by atoms with Crippen LogP contribution in [-0.4, -0.2) is 75.9 Å². The van der Waals surface area contributed by atoms with E-state index in [1.54, 1.807) is 42.5 Å². The molecule has 2 saturated heterocycles. The van der Waals surface area contributed by atoms with Crippen LogP contribution in [-0.2, 0) is 6.54 Å². The number of carbonyl (C=O) groups excluding carboxylic acids is 2. The number of nitrogens with zero attached hydrogens (tertiary/aromatic N) is 6. The molecule has 3 aliphatic rings. The normalized spacial score (nSPS) is 18.3. The van der Waals surface area contributed by atoms with Gasteiger partial charge in [0, 0.05) is 36.7 Å². The fraction of sp³-hybridized carbons (Fsp3) is 0.433. The Kier molecular flexibility index (Phi) is 7.47. The lowest BCUT2D eigenvalue weighted by Gasteiger charge is -2.32. The molecule has 2 fully saturated rings. The first-order valence-electron chi connectivity index (χ1n) is 13.9. The Bertz CT molecular complexity index is 1430. The maximum Gasteiger partial charge on any atom is 0.254 e. The molecule has 2 aromatic carbocycles. The number of carbonyl (C=O) groups is 2. The van der Waals surface area contributed by atoms with Crippen molar-refractivity contribution in [1.29, 1.82) is 5.26 Å².